The average molecular weight is 433 g/mol. The lowest BCUT2D eigenvalue weighted by atomic mass is 10.0. The highest BCUT2D eigenvalue weighted by Gasteiger charge is 2.37. The van der Waals surface area contributed by atoms with Crippen LogP contribution in [0.25, 0.3) is 23.2 Å². The molecule has 2 aromatic heterocycles. The summed E-state index contributed by atoms with van der Waals surface area (Å²) >= 11 is 1.10. The molecule has 1 aromatic carbocycles. The van der Waals surface area contributed by atoms with Crippen molar-refractivity contribution in [3.05, 3.63) is 52.2 Å². The highest BCUT2D eigenvalue weighted by molar-refractivity contribution is 7.11. The number of hydrogen-bond acceptors (Lipinski definition) is 5. The third-order valence-corrected chi connectivity index (χ3v) is 4.35. The van der Waals surface area contributed by atoms with E-state index >= 15 is 0 Å². The molecular formula is C16H9F6N5OS. The lowest BCUT2D eigenvalue weighted by molar-refractivity contribution is -0.143. The predicted molar refractivity (Wildman–Crippen MR) is 90.9 cm³/mol. The molecule has 0 radical (unpaired) electrons. The number of rotatable bonds is 4. The van der Waals surface area contributed by atoms with Gasteiger partial charge in [-0.15, -0.1) is 16.4 Å². The number of nitrogens with two attached hydrogens (primary N) is 1. The van der Waals surface area contributed by atoms with Crippen molar-refractivity contribution in [2.75, 3.05) is 0 Å². The first-order valence-corrected chi connectivity index (χ1v) is 8.45. The third kappa shape index (κ3) is 4.62. The number of benzene rings is 1. The van der Waals surface area contributed by atoms with E-state index in [2.05, 4.69) is 15.1 Å². The van der Waals surface area contributed by atoms with Crippen LogP contribution in [0.2, 0.25) is 0 Å². The molecule has 0 aliphatic heterocycles. The fourth-order valence-corrected chi connectivity index (χ4v) is 2.92. The first-order chi connectivity index (χ1) is 13.4. The van der Waals surface area contributed by atoms with Gasteiger partial charge in [0.15, 0.2) is 5.82 Å². The average Bonchev–Trinajstić information content (AvgIpc) is 3.29. The summed E-state index contributed by atoms with van der Waals surface area (Å²) in [6, 6.07) is 1.02. The Morgan fingerprint density at radius 3 is 2.14 bits per heavy atom. The molecule has 0 fully saturated rings. The van der Waals surface area contributed by atoms with Gasteiger partial charge in [0.25, 0.3) is 5.91 Å². The summed E-state index contributed by atoms with van der Waals surface area (Å²) in [7, 11) is 0. The van der Waals surface area contributed by atoms with Gasteiger partial charge in [-0.05, 0) is 18.2 Å². The van der Waals surface area contributed by atoms with E-state index < -0.39 is 40.8 Å². The SMILES string of the molecule is NC(=O)/C(=C\n1cnc(-c2cc(C(F)(F)F)cc(C(F)(F)F)c2)n1)c1nccs1. The van der Waals surface area contributed by atoms with Crippen molar-refractivity contribution in [2.45, 2.75) is 12.4 Å². The van der Waals surface area contributed by atoms with Gasteiger partial charge in [-0.1, -0.05) is 0 Å². The number of primary amides is 1. The molecule has 3 aromatic rings. The molecule has 29 heavy (non-hydrogen) atoms. The normalized spacial score (nSPS) is 13.0. The van der Waals surface area contributed by atoms with Crippen molar-refractivity contribution in [3.63, 3.8) is 0 Å². The zero-order chi connectivity index (χ0) is 21.4. The smallest absolute Gasteiger partial charge is 0.365 e. The van der Waals surface area contributed by atoms with E-state index in [1.165, 1.54) is 6.20 Å². The molecule has 2 heterocycles. The Kier molecular flexibility index (Phi) is 5.17. The fraction of sp³-hybridized carbons (Fsp3) is 0.125. The Bertz CT molecular complexity index is 1040. The second-order valence-electron chi connectivity index (χ2n) is 5.59. The second-order valence-corrected chi connectivity index (χ2v) is 6.48. The maximum absolute atomic E-state index is 13.0. The van der Waals surface area contributed by atoms with Crippen LogP contribution in [0.3, 0.4) is 0 Å². The monoisotopic (exact) mass is 433 g/mol. The van der Waals surface area contributed by atoms with Crippen molar-refractivity contribution in [1.82, 2.24) is 19.7 Å². The molecule has 152 valence electrons. The number of carbonyl (C=O) groups is 1. The van der Waals surface area contributed by atoms with Crippen LogP contribution >= 0.6 is 11.3 Å². The number of thiazole rings is 1. The van der Waals surface area contributed by atoms with Gasteiger partial charge in [-0.25, -0.2) is 14.6 Å². The maximum Gasteiger partial charge on any atom is 0.416 e. The van der Waals surface area contributed by atoms with E-state index in [1.807, 2.05) is 0 Å². The Morgan fingerprint density at radius 1 is 1.03 bits per heavy atom. The maximum atomic E-state index is 13.0. The van der Waals surface area contributed by atoms with Crippen molar-refractivity contribution in [1.29, 1.82) is 0 Å². The second kappa shape index (κ2) is 7.31. The molecule has 0 saturated heterocycles. The molecule has 0 aliphatic carbocycles. The summed E-state index contributed by atoms with van der Waals surface area (Å²) in [4.78, 5) is 19.2. The van der Waals surface area contributed by atoms with E-state index in [-0.39, 0.29) is 16.6 Å². The van der Waals surface area contributed by atoms with Gasteiger partial charge in [0.05, 0.1) is 16.7 Å². The lowest BCUT2D eigenvalue weighted by Gasteiger charge is -2.13. The summed E-state index contributed by atoms with van der Waals surface area (Å²) in [5.74, 6) is -1.25. The fourth-order valence-electron chi connectivity index (χ4n) is 2.27. The number of halogens is 6. The molecule has 0 atom stereocenters. The summed E-state index contributed by atoms with van der Waals surface area (Å²) in [6.45, 7) is 0. The molecule has 1 amide bonds. The van der Waals surface area contributed by atoms with E-state index in [9.17, 15) is 31.1 Å². The van der Waals surface area contributed by atoms with Crippen molar-refractivity contribution in [3.8, 4) is 11.4 Å². The van der Waals surface area contributed by atoms with Crippen LogP contribution in [0, 0.1) is 0 Å². The van der Waals surface area contributed by atoms with Crippen molar-refractivity contribution < 1.29 is 31.1 Å². The molecule has 0 bridgehead atoms. The molecule has 0 spiro atoms. The standard InChI is InChI=1S/C16H9F6N5OS/c17-15(18,19)9-3-8(4-10(5-9)16(20,21)22)13-25-7-27(26-13)6-11(12(23)28)14-24-1-2-29-14/h1-7H,(H2,23,28)/b11-6+. The number of aromatic nitrogens is 4. The summed E-state index contributed by atoms with van der Waals surface area (Å²) in [5, 5.41) is 5.66. The minimum absolute atomic E-state index is 0.00799. The summed E-state index contributed by atoms with van der Waals surface area (Å²) < 4.78 is 78.9. The number of carbonyl (C=O) groups excluding carboxylic acids is 1. The van der Waals surface area contributed by atoms with Crippen molar-refractivity contribution in [2.24, 2.45) is 5.73 Å². The zero-order valence-electron chi connectivity index (χ0n) is 14.0. The van der Waals surface area contributed by atoms with Crippen LogP contribution in [0.4, 0.5) is 26.3 Å². The van der Waals surface area contributed by atoms with E-state index in [4.69, 9.17) is 5.73 Å². The molecule has 6 nitrogen and oxygen atoms in total. The van der Waals surface area contributed by atoms with Crippen LogP contribution in [0.5, 0.6) is 0 Å². The molecule has 3 rings (SSSR count). The van der Waals surface area contributed by atoms with Gasteiger partial charge in [-0.2, -0.15) is 26.3 Å². The van der Waals surface area contributed by atoms with Crippen LogP contribution in [-0.2, 0) is 17.1 Å². The van der Waals surface area contributed by atoms with Gasteiger partial charge in [0, 0.05) is 23.3 Å². The van der Waals surface area contributed by atoms with Gasteiger partial charge in [-0.3, -0.25) is 4.79 Å². The van der Waals surface area contributed by atoms with Crippen molar-refractivity contribution >= 4 is 29.0 Å². The van der Waals surface area contributed by atoms with Gasteiger partial charge in [0.2, 0.25) is 0 Å². The zero-order valence-corrected chi connectivity index (χ0v) is 14.8. The third-order valence-electron chi connectivity index (χ3n) is 3.54. The first-order valence-electron chi connectivity index (χ1n) is 7.57. The Hall–Kier alpha value is -3.22. The van der Waals surface area contributed by atoms with Crippen LogP contribution in [0.15, 0.2) is 36.1 Å². The van der Waals surface area contributed by atoms with Crippen LogP contribution in [0.1, 0.15) is 16.1 Å². The molecule has 13 heteroatoms. The Morgan fingerprint density at radius 2 is 1.66 bits per heavy atom. The van der Waals surface area contributed by atoms with E-state index in [0.29, 0.717) is 12.1 Å². The molecule has 2 N–H and O–H groups in total. The Balaban J connectivity index is 2.06. The van der Waals surface area contributed by atoms with Gasteiger partial charge in [0.1, 0.15) is 11.3 Å². The predicted octanol–water partition coefficient (Wildman–Crippen LogP) is 3.92. The minimum Gasteiger partial charge on any atom is -0.365 e. The lowest BCUT2D eigenvalue weighted by Crippen LogP contribution is -2.13. The summed E-state index contributed by atoms with van der Waals surface area (Å²) in [6.07, 6.45) is -6.44. The first kappa shape index (κ1) is 20.5. The minimum atomic E-state index is -5.00. The van der Waals surface area contributed by atoms with E-state index in [0.717, 1.165) is 28.5 Å². The number of hydrogen-bond donors (Lipinski definition) is 1. The highest BCUT2D eigenvalue weighted by Crippen LogP contribution is 2.38. The largest absolute Gasteiger partial charge is 0.416 e. The number of nitrogens with zero attached hydrogens (tertiary/aromatic N) is 4. The quantitative estimate of drug-likeness (QED) is 0.499. The molecule has 0 saturated carbocycles. The number of alkyl halides is 6. The molecular weight excluding hydrogens is 424 g/mol. The molecule has 0 aliphatic rings. The van der Waals surface area contributed by atoms with Crippen LogP contribution < -0.4 is 5.73 Å². The molecule has 0 unspecified atom stereocenters. The van der Waals surface area contributed by atoms with Gasteiger partial charge < -0.3 is 5.73 Å². The van der Waals surface area contributed by atoms with Gasteiger partial charge >= 0.3 is 12.4 Å². The topological polar surface area (TPSA) is 86.7 Å². The highest BCUT2D eigenvalue weighted by atomic mass is 32.1. The Labute approximate surface area is 162 Å². The van der Waals surface area contributed by atoms with Crippen LogP contribution in [-0.4, -0.2) is 25.7 Å². The van der Waals surface area contributed by atoms with E-state index in [1.54, 1.807) is 5.38 Å². The number of amides is 1. The summed E-state index contributed by atoms with van der Waals surface area (Å²) in [5.41, 5.74) is 1.74.